The highest BCUT2D eigenvalue weighted by Crippen LogP contribution is 2.43. The van der Waals surface area contributed by atoms with Gasteiger partial charge in [0.1, 0.15) is 5.56 Å². The number of aromatic carboxylic acids is 1. The van der Waals surface area contributed by atoms with Crippen molar-refractivity contribution in [2.75, 3.05) is 5.75 Å². The van der Waals surface area contributed by atoms with Crippen molar-refractivity contribution in [3.8, 4) is 11.1 Å². The summed E-state index contributed by atoms with van der Waals surface area (Å²) < 4.78 is 82.5. The van der Waals surface area contributed by atoms with Gasteiger partial charge in [0.2, 0.25) is 5.82 Å². The zero-order chi connectivity index (χ0) is 37.8. The molecule has 4 unspecified atom stereocenters. The van der Waals surface area contributed by atoms with E-state index >= 15 is 0 Å². The van der Waals surface area contributed by atoms with Gasteiger partial charge in [0.05, 0.1) is 24.4 Å². The molecule has 1 aliphatic heterocycles. The van der Waals surface area contributed by atoms with Crippen molar-refractivity contribution in [2.24, 2.45) is 5.92 Å². The van der Waals surface area contributed by atoms with Gasteiger partial charge in [-0.1, -0.05) is 91.9 Å². The van der Waals surface area contributed by atoms with Crippen LogP contribution < -0.4 is 5.32 Å². The SMILES string of the molecule is CC1C(CSc2ccccc2C(=O)O)OC(c2ccc(-c3ccccc3CNC(=O)c3c(F)c(F)c(F)c(F)c3F)cc2)OC1c1ccc(CO)cc1. The van der Waals surface area contributed by atoms with Crippen molar-refractivity contribution in [2.45, 2.75) is 43.5 Å². The molecule has 0 aliphatic carbocycles. The van der Waals surface area contributed by atoms with E-state index in [4.69, 9.17) is 9.47 Å². The maximum absolute atomic E-state index is 14.2. The lowest BCUT2D eigenvalue weighted by molar-refractivity contribution is -0.268. The third kappa shape index (κ3) is 7.98. The summed E-state index contributed by atoms with van der Waals surface area (Å²) in [7, 11) is 0. The van der Waals surface area contributed by atoms with Gasteiger partial charge in [-0.25, -0.2) is 26.7 Å². The summed E-state index contributed by atoms with van der Waals surface area (Å²) in [6.45, 7) is 1.60. The predicted octanol–water partition coefficient (Wildman–Crippen LogP) is 8.75. The Hall–Kier alpha value is -5.08. The molecule has 4 atom stereocenters. The predicted molar refractivity (Wildman–Crippen MR) is 186 cm³/mol. The van der Waals surface area contributed by atoms with E-state index in [-0.39, 0.29) is 30.7 Å². The molecule has 1 heterocycles. The number of hydrogen-bond donors (Lipinski definition) is 3. The fourth-order valence-electron chi connectivity index (χ4n) is 6.09. The summed E-state index contributed by atoms with van der Waals surface area (Å²) in [6.07, 6.45) is -1.60. The van der Waals surface area contributed by atoms with Gasteiger partial charge >= 0.3 is 5.97 Å². The minimum atomic E-state index is -2.35. The van der Waals surface area contributed by atoms with E-state index < -0.39 is 58.9 Å². The highest BCUT2D eigenvalue weighted by molar-refractivity contribution is 7.99. The van der Waals surface area contributed by atoms with Crippen molar-refractivity contribution < 1.29 is 51.2 Å². The minimum Gasteiger partial charge on any atom is -0.478 e. The molecule has 0 aromatic heterocycles. The van der Waals surface area contributed by atoms with Crippen LogP contribution >= 0.6 is 11.8 Å². The van der Waals surface area contributed by atoms with Gasteiger partial charge in [0.15, 0.2) is 29.6 Å². The number of aliphatic hydroxyl groups excluding tert-OH is 1. The molecule has 1 aliphatic rings. The molecule has 1 amide bonds. The van der Waals surface area contributed by atoms with Gasteiger partial charge in [-0.15, -0.1) is 11.8 Å². The van der Waals surface area contributed by atoms with Crippen LogP contribution in [-0.4, -0.2) is 33.9 Å². The summed E-state index contributed by atoms with van der Waals surface area (Å²) in [4.78, 5) is 25.1. The van der Waals surface area contributed by atoms with Crippen molar-refractivity contribution >= 4 is 23.6 Å². The number of carbonyl (C=O) groups is 2. The van der Waals surface area contributed by atoms with Gasteiger partial charge in [-0.05, 0) is 39.9 Å². The summed E-state index contributed by atoms with van der Waals surface area (Å²) in [5, 5.41) is 21.5. The van der Waals surface area contributed by atoms with Crippen LogP contribution in [-0.2, 0) is 22.6 Å². The molecule has 5 aromatic carbocycles. The molecule has 0 bridgehead atoms. The topological polar surface area (TPSA) is 105 Å². The average molecular weight is 750 g/mol. The number of nitrogens with one attached hydrogen (secondary N) is 1. The molecule has 1 saturated heterocycles. The third-order valence-electron chi connectivity index (χ3n) is 9.03. The maximum Gasteiger partial charge on any atom is 0.336 e. The number of carboxylic acid groups (broad SMARTS) is 1. The monoisotopic (exact) mass is 749 g/mol. The van der Waals surface area contributed by atoms with Gasteiger partial charge in [-0.2, -0.15) is 0 Å². The fourth-order valence-corrected chi connectivity index (χ4v) is 7.31. The molecule has 6 rings (SSSR count). The first-order chi connectivity index (χ1) is 25.5. The van der Waals surface area contributed by atoms with Crippen LogP contribution in [0, 0.1) is 35.0 Å². The molecular formula is C40H32F5NO6S. The van der Waals surface area contributed by atoms with Gasteiger partial charge in [0.25, 0.3) is 5.91 Å². The Balaban J connectivity index is 1.23. The quantitative estimate of drug-likeness (QED) is 0.0537. The average Bonchev–Trinajstić information content (AvgIpc) is 3.18. The number of amides is 1. The van der Waals surface area contributed by atoms with Crippen LogP contribution in [0.2, 0.25) is 0 Å². The Morgan fingerprint density at radius 1 is 0.755 bits per heavy atom. The van der Waals surface area contributed by atoms with Crippen LogP contribution in [0.4, 0.5) is 22.0 Å². The van der Waals surface area contributed by atoms with E-state index in [1.165, 1.54) is 11.8 Å². The standard InChI is InChI=1S/C40H32F5NO6S/c1-21-29(20-53-30-9-5-4-8-28(30)39(49)50)51-40(52-37(21)24-12-10-22(19-47)11-13-24)25-16-14-23(15-17-25)27-7-3-2-6-26(27)18-46-38(48)31-32(41)34(43)36(45)35(44)33(31)42/h2-17,21,29,37,40,47H,18-20H2,1H3,(H,46,48)(H,49,50). The first-order valence-electron chi connectivity index (χ1n) is 16.4. The molecular weight excluding hydrogens is 717 g/mol. The van der Waals surface area contributed by atoms with E-state index in [9.17, 15) is 41.8 Å². The van der Waals surface area contributed by atoms with Crippen molar-refractivity contribution in [1.82, 2.24) is 5.32 Å². The molecule has 274 valence electrons. The van der Waals surface area contributed by atoms with Crippen molar-refractivity contribution in [1.29, 1.82) is 0 Å². The lowest BCUT2D eigenvalue weighted by atomic mass is 9.91. The number of carbonyl (C=O) groups excluding carboxylic acids is 1. The number of aliphatic hydroxyl groups is 1. The largest absolute Gasteiger partial charge is 0.478 e. The first kappa shape index (κ1) is 37.7. The fraction of sp³-hybridized carbons (Fsp3) is 0.200. The Bertz CT molecular complexity index is 2100. The number of thioether (sulfide) groups is 1. The lowest BCUT2D eigenvalue weighted by Gasteiger charge is -2.41. The van der Waals surface area contributed by atoms with Gasteiger partial charge in [-0.3, -0.25) is 4.79 Å². The molecule has 13 heteroatoms. The van der Waals surface area contributed by atoms with Crippen LogP contribution in [0.25, 0.3) is 11.1 Å². The van der Waals surface area contributed by atoms with Gasteiger partial charge < -0.3 is 25.0 Å². The molecule has 1 fully saturated rings. The Morgan fingerprint density at radius 2 is 1.36 bits per heavy atom. The highest BCUT2D eigenvalue weighted by atomic mass is 32.2. The lowest BCUT2D eigenvalue weighted by Crippen LogP contribution is -2.38. The first-order valence-corrected chi connectivity index (χ1v) is 17.4. The smallest absolute Gasteiger partial charge is 0.336 e. The molecule has 3 N–H and O–H groups in total. The van der Waals surface area contributed by atoms with Crippen LogP contribution in [0.5, 0.6) is 0 Å². The molecule has 5 aromatic rings. The number of benzene rings is 5. The van der Waals surface area contributed by atoms with Crippen molar-refractivity contribution in [3.63, 3.8) is 0 Å². The molecule has 0 saturated carbocycles. The van der Waals surface area contributed by atoms with Crippen LogP contribution in [0.15, 0.2) is 102 Å². The van der Waals surface area contributed by atoms with Crippen LogP contribution in [0.1, 0.15) is 62.3 Å². The number of carboxylic acids is 1. The van der Waals surface area contributed by atoms with E-state index in [1.54, 1.807) is 72.8 Å². The number of halogens is 5. The zero-order valence-electron chi connectivity index (χ0n) is 28.0. The molecule has 0 radical (unpaired) electrons. The number of hydrogen-bond acceptors (Lipinski definition) is 6. The van der Waals surface area contributed by atoms with E-state index in [2.05, 4.69) is 5.32 Å². The number of ether oxygens (including phenoxy) is 2. The summed E-state index contributed by atoms with van der Waals surface area (Å²) in [6, 6.07) is 28.2. The summed E-state index contributed by atoms with van der Waals surface area (Å²) in [5.74, 6) is -13.4. The Morgan fingerprint density at radius 3 is 2.02 bits per heavy atom. The Kier molecular flexibility index (Phi) is 11.6. The number of rotatable bonds is 11. The summed E-state index contributed by atoms with van der Waals surface area (Å²) >= 11 is 1.38. The second-order valence-corrected chi connectivity index (χ2v) is 13.4. The maximum atomic E-state index is 14.2. The van der Waals surface area contributed by atoms with E-state index in [0.717, 1.165) is 11.1 Å². The third-order valence-corrected chi connectivity index (χ3v) is 10.2. The Labute approximate surface area is 305 Å². The van der Waals surface area contributed by atoms with Gasteiger partial charge in [0, 0.05) is 28.7 Å². The minimum absolute atomic E-state index is 0.109. The molecule has 7 nitrogen and oxygen atoms in total. The van der Waals surface area contributed by atoms with Crippen LogP contribution in [0.3, 0.4) is 0 Å². The zero-order valence-corrected chi connectivity index (χ0v) is 28.8. The highest BCUT2D eigenvalue weighted by Gasteiger charge is 2.38. The second kappa shape index (κ2) is 16.3. The van der Waals surface area contributed by atoms with Crippen molar-refractivity contribution in [3.05, 3.63) is 160 Å². The molecule has 53 heavy (non-hydrogen) atoms. The van der Waals surface area contributed by atoms with E-state index in [1.807, 2.05) is 31.2 Å². The second-order valence-electron chi connectivity index (χ2n) is 12.3. The summed E-state index contributed by atoms with van der Waals surface area (Å²) in [5.41, 5.74) is 2.74. The molecule has 0 spiro atoms. The normalized spacial score (nSPS) is 18.5. The van der Waals surface area contributed by atoms with E-state index in [0.29, 0.717) is 32.9 Å².